The molecule has 0 aliphatic heterocycles. The molecular formula is C14H18O3. The lowest BCUT2D eigenvalue weighted by Gasteiger charge is -2.11. The fourth-order valence-corrected chi connectivity index (χ4v) is 1.49. The number of rotatable bonds is 5. The predicted octanol–water partition coefficient (Wildman–Crippen LogP) is 2.94. The average molecular weight is 234 g/mol. The second kappa shape index (κ2) is 6.74. The fourth-order valence-electron chi connectivity index (χ4n) is 1.49. The van der Waals surface area contributed by atoms with E-state index < -0.39 is 0 Å². The van der Waals surface area contributed by atoms with Gasteiger partial charge < -0.3 is 9.47 Å². The van der Waals surface area contributed by atoms with Crippen molar-refractivity contribution in [1.29, 1.82) is 0 Å². The van der Waals surface area contributed by atoms with Crippen LogP contribution in [0.15, 0.2) is 30.3 Å². The second-order valence-corrected chi connectivity index (χ2v) is 3.51. The highest BCUT2D eigenvalue weighted by Gasteiger charge is 2.08. The van der Waals surface area contributed by atoms with Gasteiger partial charge in [-0.25, -0.2) is 4.79 Å². The van der Waals surface area contributed by atoms with Gasteiger partial charge in [-0.05, 0) is 26.3 Å². The summed E-state index contributed by atoms with van der Waals surface area (Å²) in [6.07, 6.45) is 1.40. The molecule has 0 spiro atoms. The van der Waals surface area contributed by atoms with E-state index in [1.807, 2.05) is 38.1 Å². The van der Waals surface area contributed by atoms with Crippen LogP contribution < -0.4 is 0 Å². The van der Waals surface area contributed by atoms with Crippen LogP contribution in [-0.2, 0) is 14.3 Å². The topological polar surface area (TPSA) is 35.5 Å². The molecule has 0 aliphatic rings. The normalized spacial score (nSPS) is 11.1. The highest BCUT2D eigenvalue weighted by Crippen LogP contribution is 2.19. The molecule has 3 heteroatoms. The maximum atomic E-state index is 11.4. The molecule has 0 radical (unpaired) electrons. The molecule has 1 rings (SSSR count). The van der Waals surface area contributed by atoms with Crippen molar-refractivity contribution in [2.24, 2.45) is 0 Å². The van der Waals surface area contributed by atoms with E-state index in [0.717, 1.165) is 11.1 Å². The lowest BCUT2D eigenvalue weighted by atomic mass is 10.1. The molecule has 0 saturated heterocycles. The highest BCUT2D eigenvalue weighted by atomic mass is 16.5. The fraction of sp³-hybridized carbons (Fsp3) is 0.357. The smallest absolute Gasteiger partial charge is 0.334 e. The Morgan fingerprint density at radius 3 is 2.41 bits per heavy atom. The summed E-state index contributed by atoms with van der Waals surface area (Å²) in [6.45, 7) is 6.52. The summed E-state index contributed by atoms with van der Waals surface area (Å²) in [5.74, 6) is 0.184. The van der Waals surface area contributed by atoms with Crippen molar-refractivity contribution >= 4 is 11.7 Å². The molecule has 0 bridgehead atoms. The number of hydrogen-bond acceptors (Lipinski definition) is 3. The Hall–Kier alpha value is -1.77. The van der Waals surface area contributed by atoms with Crippen molar-refractivity contribution in [1.82, 2.24) is 0 Å². The van der Waals surface area contributed by atoms with Crippen LogP contribution in [0.3, 0.4) is 0 Å². The van der Waals surface area contributed by atoms with Crippen molar-refractivity contribution in [2.75, 3.05) is 13.2 Å². The summed E-state index contributed by atoms with van der Waals surface area (Å²) in [6, 6.07) is 7.77. The van der Waals surface area contributed by atoms with Crippen LogP contribution in [0.1, 0.15) is 25.0 Å². The van der Waals surface area contributed by atoms with E-state index in [2.05, 4.69) is 0 Å². The van der Waals surface area contributed by atoms with Gasteiger partial charge in [-0.2, -0.15) is 0 Å². The lowest BCUT2D eigenvalue weighted by molar-refractivity contribution is -0.137. The number of carbonyl (C=O) groups excluding carboxylic acids is 1. The molecular weight excluding hydrogens is 216 g/mol. The first-order valence-corrected chi connectivity index (χ1v) is 5.76. The molecule has 0 fully saturated rings. The van der Waals surface area contributed by atoms with E-state index in [1.54, 1.807) is 6.92 Å². The minimum atomic E-state index is -0.376. The third-order valence-corrected chi connectivity index (χ3v) is 2.25. The van der Waals surface area contributed by atoms with Crippen molar-refractivity contribution in [3.63, 3.8) is 0 Å². The summed E-state index contributed by atoms with van der Waals surface area (Å²) in [5.41, 5.74) is 1.99. The first-order chi connectivity index (χ1) is 8.19. The molecule has 0 aliphatic carbocycles. The third kappa shape index (κ3) is 3.94. The molecule has 0 N–H and O–H groups in total. The van der Waals surface area contributed by atoms with E-state index in [1.165, 1.54) is 6.08 Å². The average Bonchev–Trinajstić information content (AvgIpc) is 2.29. The summed E-state index contributed by atoms with van der Waals surface area (Å²) >= 11 is 0. The van der Waals surface area contributed by atoms with Crippen LogP contribution in [0, 0.1) is 6.92 Å². The van der Waals surface area contributed by atoms with Crippen molar-refractivity contribution in [3.8, 4) is 0 Å². The minimum Gasteiger partial charge on any atom is -0.493 e. The van der Waals surface area contributed by atoms with E-state index in [9.17, 15) is 4.79 Å². The molecule has 0 unspecified atom stereocenters. The number of esters is 1. The van der Waals surface area contributed by atoms with Crippen molar-refractivity contribution in [3.05, 3.63) is 41.5 Å². The van der Waals surface area contributed by atoms with Gasteiger partial charge in [0.2, 0.25) is 0 Å². The van der Waals surface area contributed by atoms with E-state index in [4.69, 9.17) is 9.47 Å². The van der Waals surface area contributed by atoms with Crippen LogP contribution in [0.4, 0.5) is 0 Å². The zero-order chi connectivity index (χ0) is 12.7. The summed E-state index contributed by atoms with van der Waals surface area (Å²) in [4.78, 5) is 11.4. The number of aryl methyl sites for hydroxylation is 1. The molecule has 17 heavy (non-hydrogen) atoms. The van der Waals surface area contributed by atoms with Gasteiger partial charge in [0.05, 0.1) is 19.3 Å². The lowest BCUT2D eigenvalue weighted by Crippen LogP contribution is -2.03. The predicted molar refractivity (Wildman–Crippen MR) is 67.4 cm³/mol. The number of hydrogen-bond donors (Lipinski definition) is 0. The Kier molecular flexibility index (Phi) is 5.27. The number of benzene rings is 1. The Morgan fingerprint density at radius 2 is 1.82 bits per heavy atom. The molecule has 1 aromatic carbocycles. The standard InChI is InChI=1S/C14H18O3/c1-4-16-13(10-14(15)17-5-2)12-9-7-6-8-11(12)3/h6-10H,4-5H2,1-3H3. The van der Waals surface area contributed by atoms with E-state index in [-0.39, 0.29) is 5.97 Å². The van der Waals surface area contributed by atoms with Gasteiger partial charge in [0.25, 0.3) is 0 Å². The molecule has 1 aromatic rings. The van der Waals surface area contributed by atoms with Crippen LogP contribution in [0.25, 0.3) is 5.76 Å². The zero-order valence-electron chi connectivity index (χ0n) is 10.5. The maximum Gasteiger partial charge on any atom is 0.334 e. The second-order valence-electron chi connectivity index (χ2n) is 3.51. The zero-order valence-corrected chi connectivity index (χ0v) is 10.5. The molecule has 3 nitrogen and oxygen atoms in total. The van der Waals surface area contributed by atoms with Gasteiger partial charge in [0.15, 0.2) is 0 Å². The summed E-state index contributed by atoms with van der Waals surface area (Å²) in [7, 11) is 0. The summed E-state index contributed by atoms with van der Waals surface area (Å²) < 4.78 is 10.4. The van der Waals surface area contributed by atoms with Gasteiger partial charge in [-0.3, -0.25) is 0 Å². The van der Waals surface area contributed by atoms with Gasteiger partial charge >= 0.3 is 5.97 Å². The van der Waals surface area contributed by atoms with Crippen molar-refractivity contribution in [2.45, 2.75) is 20.8 Å². The first-order valence-electron chi connectivity index (χ1n) is 5.76. The highest BCUT2D eigenvalue weighted by molar-refractivity contribution is 5.90. The Balaban J connectivity index is 3.01. The molecule has 0 amide bonds. The molecule has 0 saturated carbocycles. The number of carbonyl (C=O) groups is 1. The van der Waals surface area contributed by atoms with Crippen LogP contribution in [0.2, 0.25) is 0 Å². The largest absolute Gasteiger partial charge is 0.493 e. The van der Waals surface area contributed by atoms with Gasteiger partial charge in [-0.15, -0.1) is 0 Å². The molecule has 0 aromatic heterocycles. The van der Waals surface area contributed by atoms with Crippen molar-refractivity contribution < 1.29 is 14.3 Å². The monoisotopic (exact) mass is 234 g/mol. The quantitative estimate of drug-likeness (QED) is 0.446. The SMILES string of the molecule is CCOC(=O)C=C(OCC)c1ccccc1C. The van der Waals surface area contributed by atoms with Crippen LogP contribution >= 0.6 is 0 Å². The van der Waals surface area contributed by atoms with E-state index >= 15 is 0 Å². The number of ether oxygens (including phenoxy) is 2. The van der Waals surface area contributed by atoms with Gasteiger partial charge in [0, 0.05) is 5.56 Å². The van der Waals surface area contributed by atoms with Crippen LogP contribution in [0.5, 0.6) is 0 Å². The molecule has 92 valence electrons. The first kappa shape index (κ1) is 13.3. The Morgan fingerprint density at radius 1 is 1.18 bits per heavy atom. The third-order valence-electron chi connectivity index (χ3n) is 2.25. The van der Waals surface area contributed by atoms with Gasteiger partial charge in [-0.1, -0.05) is 24.3 Å². The van der Waals surface area contributed by atoms with Gasteiger partial charge in [0.1, 0.15) is 5.76 Å². The Labute approximate surface area is 102 Å². The van der Waals surface area contributed by atoms with E-state index in [0.29, 0.717) is 19.0 Å². The Bertz CT molecular complexity index is 408. The maximum absolute atomic E-state index is 11.4. The molecule has 0 atom stereocenters. The summed E-state index contributed by atoms with van der Waals surface area (Å²) in [5, 5.41) is 0. The minimum absolute atomic E-state index is 0.364. The molecule has 0 heterocycles. The van der Waals surface area contributed by atoms with Crippen LogP contribution in [-0.4, -0.2) is 19.2 Å².